The van der Waals surface area contributed by atoms with Crippen molar-refractivity contribution in [2.75, 3.05) is 12.3 Å². The minimum Gasteiger partial charge on any atom is -0.368 e. The van der Waals surface area contributed by atoms with Crippen LogP contribution in [0, 0.1) is 0 Å². The van der Waals surface area contributed by atoms with Crippen LogP contribution in [-0.4, -0.2) is 24.2 Å². The Labute approximate surface area is 115 Å². The standard InChI is InChI=1S/C12H17BrN2OS/c1-2-6-15-11(12(14)16)8-17-10-5-3-4-9(13)7-10/h3-5,7,11,15H,2,6,8H2,1H3,(H2,14,16). The molecule has 3 N–H and O–H groups in total. The van der Waals surface area contributed by atoms with Crippen LogP contribution in [0.3, 0.4) is 0 Å². The van der Waals surface area contributed by atoms with Gasteiger partial charge < -0.3 is 11.1 Å². The van der Waals surface area contributed by atoms with Gasteiger partial charge in [-0.1, -0.05) is 28.9 Å². The number of hydrogen-bond acceptors (Lipinski definition) is 3. The van der Waals surface area contributed by atoms with Gasteiger partial charge in [0.05, 0.1) is 6.04 Å². The van der Waals surface area contributed by atoms with Crippen LogP contribution in [0.1, 0.15) is 13.3 Å². The van der Waals surface area contributed by atoms with E-state index in [1.54, 1.807) is 11.8 Å². The largest absolute Gasteiger partial charge is 0.368 e. The highest BCUT2D eigenvalue weighted by Gasteiger charge is 2.14. The van der Waals surface area contributed by atoms with Crippen LogP contribution in [0.25, 0.3) is 0 Å². The van der Waals surface area contributed by atoms with Gasteiger partial charge in [0, 0.05) is 15.1 Å². The molecule has 0 radical (unpaired) electrons. The molecule has 1 aromatic carbocycles. The summed E-state index contributed by atoms with van der Waals surface area (Å²) >= 11 is 5.05. The Hall–Kier alpha value is -0.520. The monoisotopic (exact) mass is 316 g/mol. The topological polar surface area (TPSA) is 55.1 Å². The molecule has 0 aliphatic carbocycles. The van der Waals surface area contributed by atoms with Gasteiger partial charge in [0.15, 0.2) is 0 Å². The van der Waals surface area contributed by atoms with Crippen molar-refractivity contribution < 1.29 is 4.79 Å². The van der Waals surface area contributed by atoms with Gasteiger partial charge in [0.2, 0.25) is 5.91 Å². The fraction of sp³-hybridized carbons (Fsp3) is 0.417. The Morgan fingerprint density at radius 3 is 2.94 bits per heavy atom. The molecule has 0 saturated carbocycles. The zero-order chi connectivity index (χ0) is 12.7. The molecule has 0 saturated heterocycles. The third-order valence-corrected chi connectivity index (χ3v) is 3.78. The zero-order valence-electron chi connectivity index (χ0n) is 9.78. The second kappa shape index (κ2) is 7.74. The highest BCUT2D eigenvalue weighted by atomic mass is 79.9. The molecule has 3 nitrogen and oxygen atoms in total. The van der Waals surface area contributed by atoms with Gasteiger partial charge in [0.25, 0.3) is 0 Å². The maximum absolute atomic E-state index is 11.2. The first-order valence-corrected chi connectivity index (χ1v) is 7.32. The number of carbonyl (C=O) groups excluding carboxylic acids is 1. The van der Waals surface area contributed by atoms with E-state index < -0.39 is 0 Å². The molecule has 0 aromatic heterocycles. The predicted octanol–water partition coefficient (Wildman–Crippen LogP) is 2.39. The third-order valence-electron chi connectivity index (χ3n) is 2.20. The SMILES string of the molecule is CCCNC(CSc1cccc(Br)c1)C(N)=O. The van der Waals surface area contributed by atoms with Crippen LogP contribution in [0.2, 0.25) is 0 Å². The van der Waals surface area contributed by atoms with Crippen LogP contribution in [0.4, 0.5) is 0 Å². The second-order valence-corrected chi connectivity index (χ2v) is 5.69. The molecule has 1 unspecified atom stereocenters. The van der Waals surface area contributed by atoms with E-state index in [9.17, 15) is 4.79 Å². The number of primary amides is 1. The van der Waals surface area contributed by atoms with E-state index >= 15 is 0 Å². The molecule has 1 atom stereocenters. The molecular weight excluding hydrogens is 300 g/mol. The fourth-order valence-corrected chi connectivity index (χ4v) is 2.87. The van der Waals surface area contributed by atoms with Crippen molar-refractivity contribution in [3.05, 3.63) is 28.7 Å². The number of amides is 1. The van der Waals surface area contributed by atoms with E-state index in [0.717, 1.165) is 22.3 Å². The summed E-state index contributed by atoms with van der Waals surface area (Å²) in [7, 11) is 0. The average molecular weight is 317 g/mol. The molecule has 0 bridgehead atoms. The van der Waals surface area contributed by atoms with Gasteiger partial charge in [-0.25, -0.2) is 0 Å². The Morgan fingerprint density at radius 2 is 2.35 bits per heavy atom. The Bertz CT molecular complexity index is 373. The molecule has 1 rings (SSSR count). The number of benzene rings is 1. The van der Waals surface area contributed by atoms with E-state index in [0.29, 0.717) is 5.75 Å². The van der Waals surface area contributed by atoms with Crippen molar-refractivity contribution in [2.24, 2.45) is 5.73 Å². The molecule has 0 spiro atoms. The number of rotatable bonds is 7. The maximum Gasteiger partial charge on any atom is 0.235 e. The van der Waals surface area contributed by atoms with Crippen molar-refractivity contribution >= 4 is 33.6 Å². The summed E-state index contributed by atoms with van der Waals surface area (Å²) in [6, 6.07) is 7.74. The highest BCUT2D eigenvalue weighted by molar-refractivity contribution is 9.10. The minimum absolute atomic E-state index is 0.265. The maximum atomic E-state index is 11.2. The molecule has 1 aromatic rings. The number of carbonyl (C=O) groups is 1. The average Bonchev–Trinajstić information content (AvgIpc) is 2.28. The van der Waals surface area contributed by atoms with Crippen LogP contribution in [0.5, 0.6) is 0 Å². The van der Waals surface area contributed by atoms with Crippen molar-refractivity contribution in [1.29, 1.82) is 0 Å². The van der Waals surface area contributed by atoms with E-state index in [1.807, 2.05) is 24.3 Å². The van der Waals surface area contributed by atoms with Gasteiger partial charge in [-0.2, -0.15) is 0 Å². The molecule has 94 valence electrons. The lowest BCUT2D eigenvalue weighted by Gasteiger charge is -2.14. The quantitative estimate of drug-likeness (QED) is 0.759. The van der Waals surface area contributed by atoms with Gasteiger partial charge in [0.1, 0.15) is 0 Å². The van der Waals surface area contributed by atoms with Gasteiger partial charge in [-0.15, -0.1) is 11.8 Å². The van der Waals surface area contributed by atoms with Crippen LogP contribution >= 0.6 is 27.7 Å². The summed E-state index contributed by atoms with van der Waals surface area (Å²) < 4.78 is 1.04. The normalized spacial score (nSPS) is 12.4. The molecule has 1 amide bonds. The lowest BCUT2D eigenvalue weighted by molar-refractivity contribution is -0.119. The Balaban J connectivity index is 2.48. The van der Waals surface area contributed by atoms with Crippen molar-refractivity contribution in [2.45, 2.75) is 24.3 Å². The van der Waals surface area contributed by atoms with Gasteiger partial charge in [-0.3, -0.25) is 4.79 Å². The van der Waals surface area contributed by atoms with E-state index in [4.69, 9.17) is 5.73 Å². The first kappa shape index (κ1) is 14.5. The number of nitrogens with two attached hydrogens (primary N) is 1. The molecule has 5 heteroatoms. The van der Waals surface area contributed by atoms with E-state index in [2.05, 4.69) is 28.2 Å². The number of hydrogen-bond donors (Lipinski definition) is 2. The third kappa shape index (κ3) is 5.57. The molecule has 0 aliphatic rings. The Morgan fingerprint density at radius 1 is 1.59 bits per heavy atom. The van der Waals surface area contributed by atoms with Crippen LogP contribution in [0.15, 0.2) is 33.6 Å². The molecule has 0 heterocycles. The van der Waals surface area contributed by atoms with E-state index in [1.165, 1.54) is 0 Å². The van der Waals surface area contributed by atoms with Crippen LogP contribution < -0.4 is 11.1 Å². The van der Waals surface area contributed by atoms with E-state index in [-0.39, 0.29) is 11.9 Å². The second-order valence-electron chi connectivity index (χ2n) is 3.68. The summed E-state index contributed by atoms with van der Waals surface area (Å²) in [5.41, 5.74) is 5.35. The molecule has 0 fully saturated rings. The first-order chi connectivity index (χ1) is 8.13. The summed E-state index contributed by atoms with van der Waals surface area (Å²) in [4.78, 5) is 12.4. The Kier molecular flexibility index (Phi) is 6.62. The first-order valence-electron chi connectivity index (χ1n) is 5.54. The summed E-state index contributed by atoms with van der Waals surface area (Å²) in [6.45, 7) is 2.87. The van der Waals surface area contributed by atoms with Crippen LogP contribution in [-0.2, 0) is 4.79 Å². The minimum atomic E-state index is -0.291. The molecular formula is C12H17BrN2OS. The summed E-state index contributed by atoms with van der Waals surface area (Å²) in [5, 5.41) is 3.15. The number of nitrogens with one attached hydrogen (secondary N) is 1. The summed E-state index contributed by atoms with van der Waals surface area (Å²) in [5.74, 6) is 0.368. The molecule has 0 aliphatic heterocycles. The zero-order valence-corrected chi connectivity index (χ0v) is 12.2. The lowest BCUT2D eigenvalue weighted by Crippen LogP contribution is -2.43. The van der Waals surface area contributed by atoms with Gasteiger partial charge >= 0.3 is 0 Å². The number of thioether (sulfide) groups is 1. The predicted molar refractivity (Wildman–Crippen MR) is 76.1 cm³/mol. The van der Waals surface area contributed by atoms with Gasteiger partial charge in [-0.05, 0) is 31.2 Å². The van der Waals surface area contributed by atoms with Crippen molar-refractivity contribution in [1.82, 2.24) is 5.32 Å². The van der Waals surface area contributed by atoms with Crippen molar-refractivity contribution in [3.8, 4) is 0 Å². The summed E-state index contributed by atoms with van der Waals surface area (Å²) in [6.07, 6.45) is 0.991. The highest BCUT2D eigenvalue weighted by Crippen LogP contribution is 2.22. The molecule has 17 heavy (non-hydrogen) atoms. The number of halogens is 1. The fourth-order valence-electron chi connectivity index (χ4n) is 1.30. The smallest absolute Gasteiger partial charge is 0.235 e. The lowest BCUT2D eigenvalue weighted by atomic mass is 10.3. The van der Waals surface area contributed by atoms with Crippen molar-refractivity contribution in [3.63, 3.8) is 0 Å².